The van der Waals surface area contributed by atoms with E-state index >= 15 is 0 Å². The van der Waals surface area contributed by atoms with Crippen LogP contribution in [0.25, 0.3) is 0 Å². The van der Waals surface area contributed by atoms with Crippen molar-refractivity contribution in [2.75, 3.05) is 25.5 Å². The number of benzene rings is 2. The molecule has 0 radical (unpaired) electrons. The van der Waals surface area contributed by atoms with Gasteiger partial charge in [-0.2, -0.15) is 0 Å². The van der Waals surface area contributed by atoms with Gasteiger partial charge in [0.05, 0.1) is 4.90 Å². The van der Waals surface area contributed by atoms with E-state index < -0.39 is 10.0 Å². The summed E-state index contributed by atoms with van der Waals surface area (Å²) in [4.78, 5) is 14.4. The minimum atomic E-state index is -3.50. The van der Waals surface area contributed by atoms with Gasteiger partial charge in [-0.15, -0.1) is 0 Å². The van der Waals surface area contributed by atoms with Crippen LogP contribution in [0.2, 0.25) is 0 Å². The van der Waals surface area contributed by atoms with E-state index in [1.807, 2.05) is 0 Å². The second kappa shape index (κ2) is 7.17. The number of carbonyl (C=O) groups excluding carboxylic acids is 1. The Morgan fingerprint density at radius 3 is 2.62 bits per heavy atom. The third-order valence-electron chi connectivity index (χ3n) is 4.59. The van der Waals surface area contributed by atoms with E-state index in [0.29, 0.717) is 24.9 Å². The monoisotopic (exact) mass is 376 g/mol. The number of hydrogen-bond acceptors (Lipinski definition) is 3. The molecule has 138 valence electrons. The Morgan fingerprint density at radius 2 is 1.92 bits per heavy atom. The van der Waals surface area contributed by atoms with E-state index in [2.05, 4.69) is 0 Å². The van der Waals surface area contributed by atoms with Gasteiger partial charge < -0.3 is 4.90 Å². The Balaban J connectivity index is 1.75. The maximum atomic E-state index is 13.7. The smallest absolute Gasteiger partial charge is 0.242 e. The molecule has 0 bridgehead atoms. The van der Waals surface area contributed by atoms with Crippen molar-refractivity contribution in [1.29, 1.82) is 0 Å². The van der Waals surface area contributed by atoms with Crippen LogP contribution in [0.4, 0.5) is 10.1 Å². The SMILES string of the molecule is CN(C)S(=O)(=O)c1ccc2c(c1)CCN2C(=O)CCc1ccccc1F. The standard InChI is InChI=1S/C19H21FN2O3S/c1-21(2)26(24,25)16-8-9-18-15(13-16)11-12-22(18)19(23)10-7-14-5-3-4-6-17(14)20/h3-6,8-9,13H,7,10-12H2,1-2H3. The van der Waals surface area contributed by atoms with E-state index in [1.54, 1.807) is 35.2 Å². The second-order valence-electron chi connectivity index (χ2n) is 6.46. The first-order chi connectivity index (χ1) is 12.3. The molecule has 3 rings (SSSR count). The number of sulfonamides is 1. The largest absolute Gasteiger partial charge is 0.312 e. The minimum Gasteiger partial charge on any atom is -0.312 e. The van der Waals surface area contributed by atoms with Crippen LogP contribution in [0.3, 0.4) is 0 Å². The summed E-state index contributed by atoms with van der Waals surface area (Å²) >= 11 is 0. The van der Waals surface area contributed by atoms with Crippen LogP contribution in [0.1, 0.15) is 17.5 Å². The molecule has 0 saturated heterocycles. The fraction of sp³-hybridized carbons (Fsp3) is 0.316. The lowest BCUT2D eigenvalue weighted by atomic mass is 10.1. The van der Waals surface area contributed by atoms with Gasteiger partial charge in [0, 0.05) is 32.7 Å². The molecule has 5 nitrogen and oxygen atoms in total. The number of carbonyl (C=O) groups is 1. The third-order valence-corrected chi connectivity index (χ3v) is 6.40. The van der Waals surface area contributed by atoms with Crippen molar-refractivity contribution in [3.05, 3.63) is 59.4 Å². The maximum absolute atomic E-state index is 13.7. The zero-order valence-corrected chi connectivity index (χ0v) is 15.6. The summed E-state index contributed by atoms with van der Waals surface area (Å²) < 4.78 is 39.4. The quantitative estimate of drug-likeness (QED) is 0.806. The van der Waals surface area contributed by atoms with Crippen molar-refractivity contribution >= 4 is 21.6 Å². The summed E-state index contributed by atoms with van der Waals surface area (Å²) in [5, 5.41) is 0. The van der Waals surface area contributed by atoms with Gasteiger partial charge in [0.1, 0.15) is 5.82 Å². The van der Waals surface area contributed by atoms with E-state index in [0.717, 1.165) is 11.3 Å². The Labute approximate surface area is 153 Å². The molecule has 0 spiro atoms. The summed E-state index contributed by atoms with van der Waals surface area (Å²) in [6.07, 6.45) is 1.15. The van der Waals surface area contributed by atoms with Gasteiger partial charge in [0.2, 0.25) is 15.9 Å². The first-order valence-electron chi connectivity index (χ1n) is 8.40. The Hall–Kier alpha value is -2.25. The number of amides is 1. The molecule has 0 atom stereocenters. The number of rotatable bonds is 5. The topological polar surface area (TPSA) is 57.7 Å². The maximum Gasteiger partial charge on any atom is 0.242 e. The first kappa shape index (κ1) is 18.5. The molecule has 1 amide bonds. The molecule has 0 unspecified atom stereocenters. The van der Waals surface area contributed by atoms with Gasteiger partial charge in [0.25, 0.3) is 0 Å². The molecule has 26 heavy (non-hydrogen) atoms. The minimum absolute atomic E-state index is 0.0878. The van der Waals surface area contributed by atoms with Gasteiger partial charge in [-0.05, 0) is 48.2 Å². The summed E-state index contributed by atoms with van der Waals surface area (Å²) in [6.45, 7) is 0.511. The summed E-state index contributed by atoms with van der Waals surface area (Å²) in [5.41, 5.74) is 2.10. The number of nitrogens with zero attached hydrogens (tertiary/aromatic N) is 2. The number of aryl methyl sites for hydroxylation is 1. The predicted molar refractivity (Wildman–Crippen MR) is 98.1 cm³/mol. The number of halogens is 1. The van der Waals surface area contributed by atoms with Crippen molar-refractivity contribution in [2.24, 2.45) is 0 Å². The van der Waals surface area contributed by atoms with E-state index in [1.165, 1.54) is 30.5 Å². The highest BCUT2D eigenvalue weighted by Crippen LogP contribution is 2.31. The first-order valence-corrected chi connectivity index (χ1v) is 9.84. The average molecular weight is 376 g/mol. The molecule has 7 heteroatoms. The van der Waals surface area contributed by atoms with Gasteiger partial charge in [0.15, 0.2) is 0 Å². The van der Waals surface area contributed by atoms with Crippen LogP contribution in [-0.2, 0) is 27.7 Å². The Morgan fingerprint density at radius 1 is 1.19 bits per heavy atom. The molecular formula is C19H21FN2O3S. The van der Waals surface area contributed by atoms with E-state index in [-0.39, 0.29) is 23.0 Å². The Bertz CT molecular complexity index is 942. The molecule has 0 aliphatic carbocycles. The molecule has 1 aliphatic rings. The number of anilines is 1. The number of hydrogen-bond donors (Lipinski definition) is 0. The predicted octanol–water partition coefficient (Wildman–Crippen LogP) is 2.60. The average Bonchev–Trinajstić information content (AvgIpc) is 3.04. The Kier molecular flexibility index (Phi) is 5.11. The van der Waals surface area contributed by atoms with Gasteiger partial charge >= 0.3 is 0 Å². The van der Waals surface area contributed by atoms with Crippen LogP contribution in [-0.4, -0.2) is 39.3 Å². The van der Waals surface area contributed by atoms with E-state index in [4.69, 9.17) is 0 Å². The lowest BCUT2D eigenvalue weighted by Crippen LogP contribution is -2.29. The molecule has 0 saturated carbocycles. The van der Waals surface area contributed by atoms with Crippen molar-refractivity contribution in [2.45, 2.75) is 24.2 Å². The summed E-state index contributed by atoms with van der Waals surface area (Å²) in [5.74, 6) is -0.393. The van der Waals surface area contributed by atoms with Gasteiger partial charge in [-0.1, -0.05) is 18.2 Å². The zero-order chi connectivity index (χ0) is 18.9. The highest BCUT2D eigenvalue weighted by Gasteiger charge is 2.27. The molecule has 2 aromatic rings. The zero-order valence-electron chi connectivity index (χ0n) is 14.8. The third kappa shape index (κ3) is 3.50. The fourth-order valence-corrected chi connectivity index (χ4v) is 4.04. The normalized spacial score (nSPS) is 13.9. The molecular weight excluding hydrogens is 355 g/mol. The van der Waals surface area contributed by atoms with Crippen molar-refractivity contribution in [3.8, 4) is 0 Å². The van der Waals surface area contributed by atoms with Crippen LogP contribution in [0.5, 0.6) is 0 Å². The molecule has 0 aromatic heterocycles. The molecule has 1 heterocycles. The van der Waals surface area contributed by atoms with Crippen LogP contribution >= 0.6 is 0 Å². The highest BCUT2D eigenvalue weighted by molar-refractivity contribution is 7.89. The lowest BCUT2D eigenvalue weighted by molar-refractivity contribution is -0.118. The van der Waals surface area contributed by atoms with Crippen molar-refractivity contribution < 1.29 is 17.6 Å². The van der Waals surface area contributed by atoms with Gasteiger partial charge in [-0.3, -0.25) is 4.79 Å². The van der Waals surface area contributed by atoms with Crippen LogP contribution < -0.4 is 4.90 Å². The van der Waals surface area contributed by atoms with Crippen LogP contribution in [0, 0.1) is 5.82 Å². The van der Waals surface area contributed by atoms with Crippen molar-refractivity contribution in [1.82, 2.24) is 4.31 Å². The molecule has 0 fully saturated rings. The summed E-state index contributed by atoms with van der Waals surface area (Å²) in [6, 6.07) is 11.3. The molecule has 0 N–H and O–H groups in total. The van der Waals surface area contributed by atoms with Crippen LogP contribution in [0.15, 0.2) is 47.4 Å². The van der Waals surface area contributed by atoms with Gasteiger partial charge in [-0.25, -0.2) is 17.1 Å². The number of fused-ring (bicyclic) bond motifs is 1. The molecule has 2 aromatic carbocycles. The highest BCUT2D eigenvalue weighted by atomic mass is 32.2. The molecule has 1 aliphatic heterocycles. The van der Waals surface area contributed by atoms with E-state index in [9.17, 15) is 17.6 Å². The lowest BCUT2D eigenvalue weighted by Gasteiger charge is -2.18. The fourth-order valence-electron chi connectivity index (χ4n) is 3.09. The van der Waals surface area contributed by atoms with Crippen molar-refractivity contribution in [3.63, 3.8) is 0 Å². The summed E-state index contributed by atoms with van der Waals surface area (Å²) in [7, 11) is -0.525. The second-order valence-corrected chi connectivity index (χ2v) is 8.62.